The van der Waals surface area contributed by atoms with Crippen molar-refractivity contribution in [3.63, 3.8) is 0 Å². The van der Waals surface area contributed by atoms with Crippen LogP contribution in [0.4, 0.5) is 11.5 Å². The zero-order valence-corrected chi connectivity index (χ0v) is 12.2. The number of hydrogen-bond acceptors (Lipinski definition) is 5. The monoisotopic (exact) mass is 295 g/mol. The van der Waals surface area contributed by atoms with Gasteiger partial charge in [0.25, 0.3) is 5.56 Å². The Hall–Kier alpha value is -2.55. The summed E-state index contributed by atoms with van der Waals surface area (Å²) in [4.78, 5) is 21.1. The summed E-state index contributed by atoms with van der Waals surface area (Å²) in [6.45, 7) is 1.77. The molecule has 2 aromatic heterocycles. The molecule has 6 heteroatoms. The van der Waals surface area contributed by atoms with Crippen LogP contribution in [0.2, 0.25) is 0 Å². The number of nitrogens with zero attached hydrogens (tertiary/aromatic N) is 3. The van der Waals surface area contributed by atoms with Crippen molar-refractivity contribution in [3.8, 4) is 6.07 Å². The quantitative estimate of drug-likeness (QED) is 0.835. The van der Waals surface area contributed by atoms with Crippen molar-refractivity contribution in [2.24, 2.45) is 5.41 Å². The van der Waals surface area contributed by atoms with Gasteiger partial charge in [0.2, 0.25) is 0 Å². The molecule has 0 bridgehead atoms. The topological polar surface area (TPSA) is 98.8 Å². The van der Waals surface area contributed by atoms with Gasteiger partial charge < -0.3 is 15.6 Å². The first-order valence-electron chi connectivity index (χ1n) is 7.58. The zero-order chi connectivity index (χ0) is 15.3. The molecule has 1 aliphatic heterocycles. The lowest BCUT2D eigenvalue weighted by Crippen LogP contribution is -2.36. The molecule has 1 spiro atoms. The van der Waals surface area contributed by atoms with Gasteiger partial charge in [0, 0.05) is 18.5 Å². The molecule has 2 aliphatic rings. The number of nitrogen functional groups attached to an aromatic ring is 1. The molecule has 0 aromatic carbocycles. The fourth-order valence-corrected chi connectivity index (χ4v) is 3.51. The second-order valence-corrected chi connectivity index (χ2v) is 6.43. The fraction of sp³-hybridized carbons (Fsp3) is 0.438. The lowest BCUT2D eigenvalue weighted by molar-refractivity contribution is 0.385. The second kappa shape index (κ2) is 4.47. The Bertz CT molecular complexity index is 849. The van der Waals surface area contributed by atoms with E-state index >= 15 is 0 Å². The van der Waals surface area contributed by atoms with Gasteiger partial charge in [-0.25, -0.2) is 4.98 Å². The molecule has 1 saturated carbocycles. The standard InChI is InChI=1S/C16H17N5O/c17-8-11-14(21-5-3-16(1-2-16)4-6-21)10-7-13(18)19-9-12(10)20-15(11)22/h7,9H,1-6H2,(H2,18,19)(H,20,22). The van der Waals surface area contributed by atoms with Crippen molar-refractivity contribution >= 4 is 22.4 Å². The number of piperidine rings is 1. The smallest absolute Gasteiger partial charge is 0.268 e. The minimum Gasteiger partial charge on any atom is -0.384 e. The molecule has 0 unspecified atom stereocenters. The number of nitriles is 1. The molecule has 1 aliphatic carbocycles. The highest BCUT2D eigenvalue weighted by Crippen LogP contribution is 2.54. The predicted molar refractivity (Wildman–Crippen MR) is 84.6 cm³/mol. The lowest BCUT2D eigenvalue weighted by Gasteiger charge is -2.34. The molecule has 0 radical (unpaired) electrons. The second-order valence-electron chi connectivity index (χ2n) is 6.43. The van der Waals surface area contributed by atoms with Crippen molar-refractivity contribution in [1.82, 2.24) is 9.97 Å². The van der Waals surface area contributed by atoms with Crippen molar-refractivity contribution in [3.05, 3.63) is 28.2 Å². The zero-order valence-electron chi connectivity index (χ0n) is 12.2. The van der Waals surface area contributed by atoms with Gasteiger partial charge in [0.15, 0.2) is 0 Å². The highest BCUT2D eigenvalue weighted by molar-refractivity contribution is 5.95. The Morgan fingerprint density at radius 2 is 2.05 bits per heavy atom. The molecule has 112 valence electrons. The molecule has 22 heavy (non-hydrogen) atoms. The van der Waals surface area contributed by atoms with E-state index in [-0.39, 0.29) is 11.1 Å². The maximum absolute atomic E-state index is 12.2. The molecule has 1 saturated heterocycles. The van der Waals surface area contributed by atoms with E-state index in [0.717, 1.165) is 31.3 Å². The van der Waals surface area contributed by atoms with Gasteiger partial charge in [-0.15, -0.1) is 0 Å². The van der Waals surface area contributed by atoms with Crippen LogP contribution in [-0.4, -0.2) is 23.1 Å². The summed E-state index contributed by atoms with van der Waals surface area (Å²) in [6.07, 6.45) is 6.46. The Balaban J connectivity index is 1.88. The van der Waals surface area contributed by atoms with Gasteiger partial charge in [-0.05, 0) is 37.2 Å². The Kier molecular flexibility index (Phi) is 2.67. The highest BCUT2D eigenvalue weighted by Gasteiger charge is 2.44. The van der Waals surface area contributed by atoms with E-state index in [4.69, 9.17) is 5.73 Å². The third kappa shape index (κ3) is 1.93. The van der Waals surface area contributed by atoms with E-state index in [1.165, 1.54) is 12.8 Å². The summed E-state index contributed by atoms with van der Waals surface area (Å²) < 4.78 is 0. The van der Waals surface area contributed by atoms with E-state index in [9.17, 15) is 10.1 Å². The first-order valence-corrected chi connectivity index (χ1v) is 7.58. The number of hydrogen-bond donors (Lipinski definition) is 2. The van der Waals surface area contributed by atoms with Crippen LogP contribution in [0, 0.1) is 16.7 Å². The average Bonchev–Trinajstić information content (AvgIpc) is 3.27. The largest absolute Gasteiger partial charge is 0.384 e. The van der Waals surface area contributed by atoms with Gasteiger partial charge in [-0.2, -0.15) is 5.26 Å². The van der Waals surface area contributed by atoms with Crippen molar-refractivity contribution in [1.29, 1.82) is 5.26 Å². The fourth-order valence-electron chi connectivity index (χ4n) is 3.51. The number of fused-ring (bicyclic) bond motifs is 1. The van der Waals surface area contributed by atoms with Crippen LogP contribution >= 0.6 is 0 Å². The van der Waals surface area contributed by atoms with E-state index < -0.39 is 0 Å². The molecule has 2 aromatic rings. The van der Waals surface area contributed by atoms with Gasteiger partial charge in [0.05, 0.1) is 17.4 Å². The maximum Gasteiger partial charge on any atom is 0.268 e. The van der Waals surface area contributed by atoms with E-state index in [2.05, 4.69) is 20.9 Å². The number of aromatic amines is 1. The predicted octanol–water partition coefficient (Wildman–Crippen LogP) is 1.76. The normalized spacial score (nSPS) is 19.3. The van der Waals surface area contributed by atoms with Crippen LogP contribution in [0.1, 0.15) is 31.2 Å². The maximum atomic E-state index is 12.2. The van der Waals surface area contributed by atoms with Gasteiger partial charge in [-0.1, -0.05) is 0 Å². The number of rotatable bonds is 1. The third-order valence-corrected chi connectivity index (χ3v) is 5.10. The summed E-state index contributed by atoms with van der Waals surface area (Å²) in [6, 6.07) is 3.80. The molecular weight excluding hydrogens is 278 g/mol. The average molecular weight is 295 g/mol. The van der Waals surface area contributed by atoms with E-state index in [0.29, 0.717) is 22.4 Å². The summed E-state index contributed by atoms with van der Waals surface area (Å²) in [5, 5.41) is 10.2. The first kappa shape index (κ1) is 13.1. The summed E-state index contributed by atoms with van der Waals surface area (Å²) >= 11 is 0. The van der Waals surface area contributed by atoms with Crippen molar-refractivity contribution in [2.75, 3.05) is 23.7 Å². The van der Waals surface area contributed by atoms with Crippen LogP contribution in [0.5, 0.6) is 0 Å². The van der Waals surface area contributed by atoms with Crippen molar-refractivity contribution < 1.29 is 0 Å². The number of aromatic nitrogens is 2. The Labute approximate surface area is 127 Å². The molecule has 3 heterocycles. The van der Waals surface area contributed by atoms with Crippen LogP contribution in [0.3, 0.4) is 0 Å². The van der Waals surface area contributed by atoms with Crippen LogP contribution in [0.15, 0.2) is 17.1 Å². The number of pyridine rings is 2. The molecule has 0 atom stereocenters. The number of anilines is 2. The first-order chi connectivity index (χ1) is 10.6. The SMILES string of the molecule is N#Cc1c(N2CCC3(CC2)CC3)c2cc(N)ncc2[nH]c1=O. The minimum absolute atomic E-state index is 0.171. The van der Waals surface area contributed by atoms with Crippen LogP contribution < -0.4 is 16.2 Å². The van der Waals surface area contributed by atoms with Gasteiger partial charge >= 0.3 is 0 Å². The molecule has 0 amide bonds. The van der Waals surface area contributed by atoms with Crippen LogP contribution in [-0.2, 0) is 0 Å². The summed E-state index contributed by atoms with van der Waals surface area (Å²) in [5.41, 5.74) is 7.49. The molecule has 4 rings (SSSR count). The van der Waals surface area contributed by atoms with Crippen LogP contribution in [0.25, 0.3) is 10.9 Å². The summed E-state index contributed by atoms with van der Waals surface area (Å²) in [5.74, 6) is 0.389. The third-order valence-electron chi connectivity index (χ3n) is 5.10. The van der Waals surface area contributed by atoms with E-state index in [1.807, 2.05) is 0 Å². The number of nitrogens with one attached hydrogen (secondary N) is 1. The summed E-state index contributed by atoms with van der Waals surface area (Å²) in [7, 11) is 0. The molecule has 3 N–H and O–H groups in total. The van der Waals surface area contributed by atoms with Crippen molar-refractivity contribution in [2.45, 2.75) is 25.7 Å². The highest BCUT2D eigenvalue weighted by atomic mass is 16.1. The molecular formula is C16H17N5O. The van der Waals surface area contributed by atoms with Gasteiger partial charge in [-0.3, -0.25) is 4.79 Å². The number of nitrogens with two attached hydrogens (primary N) is 1. The van der Waals surface area contributed by atoms with Gasteiger partial charge in [0.1, 0.15) is 17.5 Å². The minimum atomic E-state index is -0.358. The van der Waals surface area contributed by atoms with E-state index in [1.54, 1.807) is 12.3 Å². The lowest BCUT2D eigenvalue weighted by atomic mass is 9.92. The number of H-pyrrole nitrogens is 1. The Morgan fingerprint density at radius 1 is 1.32 bits per heavy atom. The molecule has 2 fully saturated rings. The Morgan fingerprint density at radius 3 is 2.68 bits per heavy atom. The molecule has 6 nitrogen and oxygen atoms in total.